The van der Waals surface area contributed by atoms with Crippen molar-refractivity contribution >= 4 is 27.6 Å². The van der Waals surface area contributed by atoms with Crippen LogP contribution in [0.25, 0.3) is 0 Å². The molecule has 0 spiro atoms. The molecule has 1 aliphatic rings. The van der Waals surface area contributed by atoms with Crippen LogP contribution in [0.5, 0.6) is 0 Å². The van der Waals surface area contributed by atoms with Gasteiger partial charge in [-0.3, -0.25) is 0 Å². The van der Waals surface area contributed by atoms with Crippen LogP contribution in [-0.2, 0) is 0 Å². The quantitative estimate of drug-likeness (QED) is 0.893. The van der Waals surface area contributed by atoms with E-state index in [1.165, 1.54) is 25.7 Å². The summed E-state index contributed by atoms with van der Waals surface area (Å²) in [5.41, 5.74) is 1.29. The van der Waals surface area contributed by atoms with E-state index in [0.29, 0.717) is 16.1 Å². The third-order valence-electron chi connectivity index (χ3n) is 2.93. The summed E-state index contributed by atoms with van der Waals surface area (Å²) in [5, 5.41) is 12.3. The lowest BCUT2D eigenvalue weighted by molar-refractivity contribution is 0.0696. The van der Waals surface area contributed by atoms with E-state index in [9.17, 15) is 4.79 Å². The van der Waals surface area contributed by atoms with Crippen LogP contribution in [0.15, 0.2) is 22.7 Å². The molecule has 16 heavy (non-hydrogen) atoms. The van der Waals surface area contributed by atoms with E-state index in [2.05, 4.69) is 21.2 Å². The minimum Gasteiger partial charge on any atom is -0.478 e. The van der Waals surface area contributed by atoms with Gasteiger partial charge < -0.3 is 10.4 Å². The van der Waals surface area contributed by atoms with Crippen molar-refractivity contribution in [2.75, 3.05) is 5.32 Å². The van der Waals surface area contributed by atoms with Crippen molar-refractivity contribution in [2.45, 2.75) is 31.7 Å². The number of carboxylic acid groups (broad SMARTS) is 1. The number of hydrogen-bond donors (Lipinski definition) is 2. The Balaban J connectivity index is 2.11. The van der Waals surface area contributed by atoms with E-state index in [0.717, 1.165) is 5.69 Å². The number of aromatic carboxylic acids is 1. The van der Waals surface area contributed by atoms with Crippen molar-refractivity contribution in [3.63, 3.8) is 0 Å². The molecule has 3 nitrogen and oxygen atoms in total. The number of nitrogens with one attached hydrogen (secondary N) is 1. The molecule has 0 bridgehead atoms. The first-order chi connectivity index (χ1) is 7.66. The zero-order valence-corrected chi connectivity index (χ0v) is 10.5. The first-order valence-electron chi connectivity index (χ1n) is 5.46. The number of hydrogen-bond acceptors (Lipinski definition) is 2. The van der Waals surface area contributed by atoms with Crippen LogP contribution in [0.2, 0.25) is 0 Å². The molecule has 0 atom stereocenters. The Hall–Kier alpha value is -1.03. The molecule has 2 rings (SSSR count). The summed E-state index contributed by atoms with van der Waals surface area (Å²) in [5.74, 6) is -0.903. The molecule has 0 heterocycles. The van der Waals surface area contributed by atoms with Gasteiger partial charge in [0.2, 0.25) is 0 Å². The third-order valence-corrected chi connectivity index (χ3v) is 3.58. The second-order valence-electron chi connectivity index (χ2n) is 4.13. The maximum atomic E-state index is 10.8. The molecule has 0 unspecified atom stereocenters. The summed E-state index contributed by atoms with van der Waals surface area (Å²) in [4.78, 5) is 10.8. The van der Waals surface area contributed by atoms with E-state index in [-0.39, 0.29) is 0 Å². The van der Waals surface area contributed by atoms with Gasteiger partial charge in [0.15, 0.2) is 0 Å². The molecule has 1 aromatic carbocycles. The van der Waals surface area contributed by atoms with Crippen LogP contribution in [0.1, 0.15) is 36.0 Å². The highest BCUT2D eigenvalue weighted by Crippen LogP contribution is 2.26. The Bertz CT molecular complexity index is 400. The number of anilines is 1. The van der Waals surface area contributed by atoms with Gasteiger partial charge in [0.1, 0.15) is 0 Å². The van der Waals surface area contributed by atoms with Gasteiger partial charge >= 0.3 is 5.97 Å². The summed E-state index contributed by atoms with van der Waals surface area (Å²) in [7, 11) is 0. The van der Waals surface area contributed by atoms with E-state index in [1.807, 2.05) is 12.1 Å². The monoisotopic (exact) mass is 283 g/mol. The van der Waals surface area contributed by atoms with Gasteiger partial charge in [0, 0.05) is 16.2 Å². The van der Waals surface area contributed by atoms with Crippen molar-refractivity contribution in [2.24, 2.45) is 0 Å². The van der Waals surface area contributed by atoms with Gasteiger partial charge in [-0.2, -0.15) is 0 Å². The molecular weight excluding hydrogens is 270 g/mol. The minimum atomic E-state index is -0.903. The van der Waals surface area contributed by atoms with Crippen molar-refractivity contribution < 1.29 is 9.90 Å². The number of carbonyl (C=O) groups is 1. The second kappa shape index (κ2) is 4.87. The fraction of sp³-hybridized carbons (Fsp3) is 0.417. The zero-order valence-electron chi connectivity index (χ0n) is 8.87. The number of carboxylic acids is 1. The molecular formula is C12H14BrNO2. The van der Waals surface area contributed by atoms with Crippen molar-refractivity contribution in [3.05, 3.63) is 28.2 Å². The Kier molecular flexibility index (Phi) is 3.49. The predicted molar refractivity (Wildman–Crippen MR) is 67.0 cm³/mol. The highest BCUT2D eigenvalue weighted by atomic mass is 79.9. The lowest BCUT2D eigenvalue weighted by Gasteiger charge is -2.14. The molecule has 0 aliphatic heterocycles. The highest BCUT2D eigenvalue weighted by Gasteiger charge is 2.15. The van der Waals surface area contributed by atoms with Crippen molar-refractivity contribution in [1.82, 2.24) is 0 Å². The first kappa shape index (κ1) is 11.5. The third kappa shape index (κ3) is 2.55. The Morgan fingerprint density at radius 2 is 2.06 bits per heavy atom. The lowest BCUT2D eigenvalue weighted by atomic mass is 10.2. The van der Waals surface area contributed by atoms with Crippen LogP contribution >= 0.6 is 15.9 Å². The number of benzene rings is 1. The van der Waals surface area contributed by atoms with E-state index in [4.69, 9.17) is 5.11 Å². The number of halogens is 1. The van der Waals surface area contributed by atoms with E-state index >= 15 is 0 Å². The maximum absolute atomic E-state index is 10.8. The van der Waals surface area contributed by atoms with Crippen molar-refractivity contribution in [1.29, 1.82) is 0 Å². The van der Waals surface area contributed by atoms with Crippen LogP contribution in [-0.4, -0.2) is 17.1 Å². The molecule has 0 radical (unpaired) electrons. The summed E-state index contributed by atoms with van der Waals surface area (Å²) < 4.78 is 0.628. The van der Waals surface area contributed by atoms with Crippen LogP contribution in [0.3, 0.4) is 0 Å². The first-order valence-corrected chi connectivity index (χ1v) is 6.25. The van der Waals surface area contributed by atoms with Gasteiger partial charge in [-0.15, -0.1) is 0 Å². The van der Waals surface area contributed by atoms with Gasteiger partial charge in [0.05, 0.1) is 5.56 Å². The van der Waals surface area contributed by atoms with Gasteiger partial charge in [-0.25, -0.2) is 4.79 Å². The summed E-state index contributed by atoms with van der Waals surface area (Å²) >= 11 is 3.28. The van der Waals surface area contributed by atoms with Crippen LogP contribution in [0.4, 0.5) is 5.69 Å². The standard InChI is InChI=1S/C12H14BrNO2/c13-11-7-9(5-6-10(11)12(15)16)14-8-3-1-2-4-8/h5-8,14H,1-4H2,(H,15,16). The minimum absolute atomic E-state index is 0.303. The van der Waals surface area contributed by atoms with Crippen LogP contribution in [0, 0.1) is 0 Å². The Morgan fingerprint density at radius 1 is 1.38 bits per heavy atom. The molecule has 0 amide bonds. The zero-order chi connectivity index (χ0) is 11.5. The molecule has 1 aliphatic carbocycles. The average Bonchev–Trinajstić information content (AvgIpc) is 2.70. The Labute approximate surface area is 103 Å². The van der Waals surface area contributed by atoms with E-state index < -0.39 is 5.97 Å². The smallest absolute Gasteiger partial charge is 0.336 e. The fourth-order valence-corrected chi connectivity index (χ4v) is 2.63. The number of rotatable bonds is 3. The molecule has 86 valence electrons. The predicted octanol–water partition coefficient (Wildman–Crippen LogP) is 3.50. The highest BCUT2D eigenvalue weighted by molar-refractivity contribution is 9.10. The summed E-state index contributed by atoms with van der Waals surface area (Å²) in [6.45, 7) is 0. The molecule has 0 aromatic heterocycles. The van der Waals surface area contributed by atoms with Gasteiger partial charge in [-0.1, -0.05) is 12.8 Å². The second-order valence-corrected chi connectivity index (χ2v) is 4.98. The molecule has 4 heteroatoms. The van der Waals surface area contributed by atoms with Gasteiger partial charge in [0.25, 0.3) is 0 Å². The van der Waals surface area contributed by atoms with Gasteiger partial charge in [-0.05, 0) is 47.0 Å². The summed E-state index contributed by atoms with van der Waals surface area (Å²) in [6, 6.07) is 5.83. The van der Waals surface area contributed by atoms with E-state index in [1.54, 1.807) is 6.07 Å². The largest absolute Gasteiger partial charge is 0.478 e. The van der Waals surface area contributed by atoms with Crippen LogP contribution < -0.4 is 5.32 Å². The molecule has 1 fully saturated rings. The fourth-order valence-electron chi connectivity index (χ4n) is 2.08. The molecule has 0 saturated heterocycles. The Morgan fingerprint density at radius 3 is 2.62 bits per heavy atom. The van der Waals surface area contributed by atoms with Crippen molar-refractivity contribution in [3.8, 4) is 0 Å². The maximum Gasteiger partial charge on any atom is 0.336 e. The molecule has 1 aromatic rings. The SMILES string of the molecule is O=C(O)c1ccc(NC2CCCC2)cc1Br. The molecule has 2 N–H and O–H groups in total. The normalized spacial score (nSPS) is 16.3. The molecule has 1 saturated carbocycles. The lowest BCUT2D eigenvalue weighted by Crippen LogP contribution is -2.14. The average molecular weight is 284 g/mol. The summed E-state index contributed by atoms with van der Waals surface area (Å²) in [6.07, 6.45) is 4.98. The topological polar surface area (TPSA) is 49.3 Å².